The average Bonchev–Trinajstić information content (AvgIpc) is 3.62. The van der Waals surface area contributed by atoms with E-state index >= 15 is 0 Å². The number of nitrogens with one attached hydrogen (secondary N) is 2. The molecule has 0 amide bonds. The molecule has 0 atom stereocenters. The van der Waals surface area contributed by atoms with Crippen LogP contribution < -0.4 is 10.6 Å². The minimum absolute atomic E-state index is 0.163. The van der Waals surface area contributed by atoms with E-state index in [0.29, 0.717) is 25.5 Å². The van der Waals surface area contributed by atoms with Gasteiger partial charge in [-0.3, -0.25) is 0 Å². The lowest BCUT2D eigenvalue weighted by Crippen LogP contribution is -2.38. The maximum absolute atomic E-state index is 12.6. The van der Waals surface area contributed by atoms with Crippen molar-refractivity contribution < 1.29 is 8.42 Å². The minimum atomic E-state index is -3.14. The van der Waals surface area contributed by atoms with Gasteiger partial charge in [-0.05, 0) is 67.6 Å². The molecule has 0 unspecified atom stereocenters. The van der Waals surface area contributed by atoms with E-state index in [-0.39, 0.29) is 5.25 Å². The summed E-state index contributed by atoms with van der Waals surface area (Å²) < 4.78 is 26.8. The van der Waals surface area contributed by atoms with Crippen LogP contribution in [0.5, 0.6) is 0 Å². The first-order valence-corrected chi connectivity index (χ1v) is 12.6. The Hall–Kier alpha value is -2.62. The lowest BCUT2D eigenvalue weighted by atomic mass is 10.0. The number of nitrogens with zero attached hydrogens (tertiary/aromatic N) is 3. The van der Waals surface area contributed by atoms with Crippen molar-refractivity contribution in [3.8, 4) is 0 Å². The summed E-state index contributed by atoms with van der Waals surface area (Å²) in [5.41, 5.74) is 4.96. The average molecular weight is 468 g/mol. The number of hydrogen-bond acceptors (Lipinski definition) is 7. The normalized spacial score (nSPS) is 16.4. The van der Waals surface area contributed by atoms with E-state index in [0.717, 1.165) is 46.1 Å². The van der Waals surface area contributed by atoms with Crippen molar-refractivity contribution in [2.45, 2.75) is 42.9 Å². The fraction of sp³-hybridized carbons (Fsp3) is 0.304. The van der Waals surface area contributed by atoms with Crippen LogP contribution in [0, 0.1) is 6.92 Å². The van der Waals surface area contributed by atoms with E-state index in [1.807, 2.05) is 43.3 Å². The van der Waals surface area contributed by atoms with Crippen LogP contribution in [0.15, 0.2) is 53.6 Å². The second-order valence-electron chi connectivity index (χ2n) is 8.34. The quantitative estimate of drug-likeness (QED) is 0.466. The van der Waals surface area contributed by atoms with Gasteiger partial charge in [0.1, 0.15) is 5.82 Å². The summed E-state index contributed by atoms with van der Waals surface area (Å²) >= 11 is 4.37. The summed E-state index contributed by atoms with van der Waals surface area (Å²) in [6.45, 7) is 2.96. The van der Waals surface area contributed by atoms with Crippen molar-refractivity contribution in [2.75, 3.05) is 17.2 Å². The largest absolute Gasteiger partial charge is 0.340 e. The Balaban J connectivity index is 1.32. The fourth-order valence-electron chi connectivity index (χ4n) is 3.88. The first kappa shape index (κ1) is 21.2. The molecule has 166 valence electrons. The van der Waals surface area contributed by atoms with Gasteiger partial charge >= 0.3 is 0 Å². The van der Waals surface area contributed by atoms with Crippen LogP contribution in [-0.2, 0) is 23.0 Å². The van der Waals surface area contributed by atoms with E-state index in [9.17, 15) is 8.42 Å². The van der Waals surface area contributed by atoms with Crippen molar-refractivity contribution in [3.63, 3.8) is 0 Å². The Bertz CT molecular complexity index is 1280. The Kier molecular flexibility index (Phi) is 5.56. The number of aromatic nitrogens is 2. The van der Waals surface area contributed by atoms with Gasteiger partial charge < -0.3 is 10.6 Å². The van der Waals surface area contributed by atoms with Gasteiger partial charge in [0.25, 0.3) is 0 Å². The maximum atomic E-state index is 12.6. The zero-order valence-corrected chi connectivity index (χ0v) is 19.5. The van der Waals surface area contributed by atoms with Crippen LogP contribution in [0.3, 0.4) is 0 Å². The number of anilines is 4. The molecule has 2 aromatic carbocycles. The molecule has 0 saturated heterocycles. The van der Waals surface area contributed by atoms with Crippen LogP contribution >= 0.6 is 12.6 Å². The predicted octanol–water partition coefficient (Wildman–Crippen LogP) is 4.41. The maximum Gasteiger partial charge on any atom is 0.229 e. The lowest BCUT2D eigenvalue weighted by molar-refractivity contribution is 0.390. The van der Waals surface area contributed by atoms with E-state index in [2.05, 4.69) is 39.3 Å². The van der Waals surface area contributed by atoms with Crippen LogP contribution in [-0.4, -0.2) is 34.5 Å². The minimum Gasteiger partial charge on any atom is -0.340 e. The highest BCUT2D eigenvalue weighted by atomic mass is 32.2. The molecule has 32 heavy (non-hydrogen) atoms. The number of benzene rings is 2. The van der Waals surface area contributed by atoms with Crippen molar-refractivity contribution in [1.29, 1.82) is 0 Å². The molecule has 9 heteroatoms. The number of rotatable bonds is 6. The molecule has 1 fully saturated rings. The number of fused-ring (bicyclic) bond motifs is 1. The standard InChI is InChI=1S/C23H25N5O2S2/c1-15-13-24-23(26-18-3-2-4-20(31)12-18)27-22(15)25-19-6-5-17-14-28(10-9-16(17)11-19)32(29,30)21-7-8-21/h2-6,11-13,21,31H,7-10,14H2,1H3,(H2,24,25,26,27). The Morgan fingerprint density at radius 1 is 1.06 bits per heavy atom. The van der Waals surface area contributed by atoms with Gasteiger partial charge in [-0.15, -0.1) is 12.6 Å². The van der Waals surface area contributed by atoms with Crippen molar-refractivity contribution in [1.82, 2.24) is 14.3 Å². The smallest absolute Gasteiger partial charge is 0.229 e. The van der Waals surface area contributed by atoms with Crippen molar-refractivity contribution in [3.05, 3.63) is 65.4 Å². The summed E-state index contributed by atoms with van der Waals surface area (Å²) in [6, 6.07) is 13.8. The van der Waals surface area contributed by atoms with Gasteiger partial charge in [0.2, 0.25) is 16.0 Å². The Morgan fingerprint density at radius 2 is 1.88 bits per heavy atom. The van der Waals surface area contributed by atoms with E-state index in [4.69, 9.17) is 0 Å². The summed E-state index contributed by atoms with van der Waals surface area (Å²) in [5.74, 6) is 1.22. The highest BCUT2D eigenvalue weighted by Gasteiger charge is 2.40. The molecule has 1 aliphatic heterocycles. The monoisotopic (exact) mass is 467 g/mol. The van der Waals surface area contributed by atoms with E-state index in [1.54, 1.807) is 10.5 Å². The molecular weight excluding hydrogens is 442 g/mol. The second kappa shape index (κ2) is 8.38. The second-order valence-corrected chi connectivity index (χ2v) is 11.1. The van der Waals surface area contributed by atoms with E-state index < -0.39 is 10.0 Å². The summed E-state index contributed by atoms with van der Waals surface area (Å²) in [6.07, 6.45) is 4.08. The predicted molar refractivity (Wildman–Crippen MR) is 130 cm³/mol. The third-order valence-corrected chi connectivity index (χ3v) is 8.45. The zero-order chi connectivity index (χ0) is 22.3. The van der Waals surface area contributed by atoms with E-state index in [1.165, 1.54) is 5.56 Å². The molecule has 7 nitrogen and oxygen atoms in total. The summed E-state index contributed by atoms with van der Waals surface area (Å²) in [5, 5.41) is 6.44. The van der Waals surface area contributed by atoms with Gasteiger partial charge in [0, 0.05) is 41.1 Å². The molecule has 3 aromatic rings. The van der Waals surface area contributed by atoms with Gasteiger partial charge in [-0.1, -0.05) is 12.1 Å². The highest BCUT2D eigenvalue weighted by Crippen LogP contribution is 2.34. The Morgan fingerprint density at radius 3 is 2.66 bits per heavy atom. The Labute approximate surface area is 193 Å². The SMILES string of the molecule is Cc1cnc(Nc2cccc(S)c2)nc1Nc1ccc2c(c1)CCN(S(=O)(=O)C1CC1)C2. The number of aryl methyl sites for hydroxylation is 1. The van der Waals surface area contributed by atoms with Crippen LogP contribution in [0.4, 0.5) is 23.1 Å². The third kappa shape index (κ3) is 4.46. The molecule has 1 aliphatic carbocycles. The molecule has 2 N–H and O–H groups in total. The van der Waals surface area contributed by atoms with Gasteiger partial charge in [0.15, 0.2) is 0 Å². The zero-order valence-electron chi connectivity index (χ0n) is 17.7. The van der Waals surface area contributed by atoms with Gasteiger partial charge in [0.05, 0.1) is 5.25 Å². The lowest BCUT2D eigenvalue weighted by Gasteiger charge is -2.28. The molecule has 1 aromatic heterocycles. The highest BCUT2D eigenvalue weighted by molar-refractivity contribution is 7.90. The van der Waals surface area contributed by atoms with Gasteiger partial charge in [-0.25, -0.2) is 13.4 Å². The molecule has 2 heterocycles. The van der Waals surface area contributed by atoms with Crippen LogP contribution in [0.2, 0.25) is 0 Å². The van der Waals surface area contributed by atoms with Crippen molar-refractivity contribution >= 4 is 45.8 Å². The molecule has 5 rings (SSSR count). The first-order chi connectivity index (χ1) is 15.4. The number of hydrogen-bond donors (Lipinski definition) is 3. The van der Waals surface area contributed by atoms with Gasteiger partial charge in [-0.2, -0.15) is 9.29 Å². The van der Waals surface area contributed by atoms with Crippen LogP contribution in [0.25, 0.3) is 0 Å². The number of thiol groups is 1. The molecule has 1 saturated carbocycles. The van der Waals surface area contributed by atoms with Crippen LogP contribution in [0.1, 0.15) is 29.5 Å². The molecule has 0 bridgehead atoms. The van der Waals surface area contributed by atoms with Crippen molar-refractivity contribution in [2.24, 2.45) is 0 Å². The third-order valence-electron chi connectivity index (χ3n) is 5.83. The molecular formula is C23H25N5O2S2. The molecule has 0 spiro atoms. The first-order valence-electron chi connectivity index (χ1n) is 10.7. The fourth-order valence-corrected chi connectivity index (χ4v) is 5.92. The summed E-state index contributed by atoms with van der Waals surface area (Å²) in [7, 11) is -3.14. The summed E-state index contributed by atoms with van der Waals surface area (Å²) in [4.78, 5) is 9.87. The molecule has 2 aliphatic rings. The number of sulfonamides is 1. The molecule has 0 radical (unpaired) electrons. The topological polar surface area (TPSA) is 87.2 Å².